The highest BCUT2D eigenvalue weighted by Crippen LogP contribution is 2.23. The van der Waals surface area contributed by atoms with Crippen LogP contribution in [0.4, 0.5) is 0 Å². The highest BCUT2D eigenvalue weighted by Gasteiger charge is 2.16. The van der Waals surface area contributed by atoms with Gasteiger partial charge in [-0.1, -0.05) is 11.6 Å². The van der Waals surface area contributed by atoms with Crippen LogP contribution in [0, 0.1) is 25.2 Å². The number of nitriles is 1. The molecule has 1 aromatic rings. The molecular formula is C11H11ClN2O2. The van der Waals surface area contributed by atoms with E-state index in [2.05, 4.69) is 9.72 Å². The zero-order valence-electron chi connectivity index (χ0n) is 9.30. The molecule has 0 N–H and O–H groups in total. The van der Waals surface area contributed by atoms with Crippen LogP contribution in [0.15, 0.2) is 0 Å². The van der Waals surface area contributed by atoms with E-state index in [0.717, 1.165) is 0 Å². The molecule has 1 aromatic heterocycles. The Labute approximate surface area is 98.8 Å². The van der Waals surface area contributed by atoms with Crippen molar-refractivity contribution in [2.75, 3.05) is 7.11 Å². The fourth-order valence-corrected chi connectivity index (χ4v) is 1.77. The second-order valence-corrected chi connectivity index (χ2v) is 3.69. The topological polar surface area (TPSA) is 63.0 Å². The summed E-state index contributed by atoms with van der Waals surface area (Å²) in [5.74, 6) is -0.362. The van der Waals surface area contributed by atoms with E-state index >= 15 is 0 Å². The molecule has 0 bridgehead atoms. The van der Waals surface area contributed by atoms with Gasteiger partial charge in [0.2, 0.25) is 0 Å². The van der Waals surface area contributed by atoms with Crippen molar-refractivity contribution < 1.29 is 9.53 Å². The second kappa shape index (κ2) is 4.95. The molecule has 0 aromatic carbocycles. The van der Waals surface area contributed by atoms with E-state index in [1.807, 2.05) is 6.07 Å². The molecule has 4 nitrogen and oxygen atoms in total. The van der Waals surface area contributed by atoms with Gasteiger partial charge in [-0.15, -0.1) is 0 Å². The molecule has 0 spiro atoms. The summed E-state index contributed by atoms with van der Waals surface area (Å²) in [5.41, 5.74) is 2.34. The third-order valence-electron chi connectivity index (χ3n) is 2.40. The fraction of sp³-hybridized carbons (Fsp3) is 0.364. The lowest BCUT2D eigenvalue weighted by Gasteiger charge is -2.10. The number of methoxy groups -OCH3 is 1. The number of nitrogens with zero attached hydrogens (tertiary/aromatic N) is 2. The molecule has 5 heteroatoms. The van der Waals surface area contributed by atoms with Crippen LogP contribution in [-0.4, -0.2) is 18.1 Å². The van der Waals surface area contributed by atoms with Gasteiger partial charge in [-0.2, -0.15) is 5.26 Å². The Morgan fingerprint density at radius 3 is 2.69 bits per heavy atom. The summed E-state index contributed by atoms with van der Waals surface area (Å²) in [4.78, 5) is 15.2. The first-order chi connectivity index (χ1) is 7.51. The van der Waals surface area contributed by atoms with Gasteiger partial charge >= 0.3 is 5.97 Å². The zero-order chi connectivity index (χ0) is 12.3. The molecule has 0 amide bonds. The van der Waals surface area contributed by atoms with E-state index in [0.29, 0.717) is 22.4 Å². The number of halogens is 1. The number of aryl methyl sites for hydroxylation is 1. The number of rotatable bonds is 2. The summed E-state index contributed by atoms with van der Waals surface area (Å²) in [7, 11) is 1.32. The predicted molar refractivity (Wildman–Crippen MR) is 59.2 cm³/mol. The molecule has 0 atom stereocenters. The number of carbonyl (C=O) groups is 1. The van der Waals surface area contributed by atoms with Crippen molar-refractivity contribution in [1.82, 2.24) is 4.98 Å². The molecule has 0 unspecified atom stereocenters. The van der Waals surface area contributed by atoms with Gasteiger partial charge in [0.05, 0.1) is 19.1 Å². The third kappa shape index (κ3) is 2.31. The van der Waals surface area contributed by atoms with Crippen LogP contribution in [0.1, 0.15) is 22.4 Å². The molecule has 0 saturated carbocycles. The highest BCUT2D eigenvalue weighted by molar-refractivity contribution is 6.30. The summed E-state index contributed by atoms with van der Waals surface area (Å²) in [6.07, 6.45) is 0.104. The number of hydrogen-bond donors (Lipinski definition) is 0. The van der Waals surface area contributed by atoms with E-state index < -0.39 is 0 Å². The maximum atomic E-state index is 11.2. The van der Waals surface area contributed by atoms with E-state index in [4.69, 9.17) is 16.9 Å². The van der Waals surface area contributed by atoms with Crippen LogP contribution in [0.5, 0.6) is 0 Å². The van der Waals surface area contributed by atoms with Crippen LogP contribution in [0.3, 0.4) is 0 Å². The highest BCUT2D eigenvalue weighted by atomic mass is 35.5. The molecule has 1 heterocycles. The number of hydrogen-bond acceptors (Lipinski definition) is 4. The monoisotopic (exact) mass is 238 g/mol. The maximum absolute atomic E-state index is 11.2. The Balaban J connectivity index is 3.30. The van der Waals surface area contributed by atoms with Crippen molar-refractivity contribution in [3.8, 4) is 6.07 Å². The average molecular weight is 239 g/mol. The summed E-state index contributed by atoms with van der Waals surface area (Å²) >= 11 is 5.83. The lowest BCUT2D eigenvalue weighted by Crippen LogP contribution is -2.10. The Morgan fingerprint density at radius 1 is 1.56 bits per heavy atom. The van der Waals surface area contributed by atoms with Gasteiger partial charge in [-0.25, -0.2) is 4.98 Å². The average Bonchev–Trinajstić information content (AvgIpc) is 2.24. The number of ether oxygens (including phenoxy) is 1. The van der Waals surface area contributed by atoms with Crippen molar-refractivity contribution in [2.45, 2.75) is 20.3 Å². The molecule has 16 heavy (non-hydrogen) atoms. The zero-order valence-corrected chi connectivity index (χ0v) is 10.1. The lowest BCUT2D eigenvalue weighted by atomic mass is 10.0. The van der Waals surface area contributed by atoms with E-state index in [1.165, 1.54) is 7.11 Å². The van der Waals surface area contributed by atoms with E-state index in [9.17, 15) is 4.79 Å². The smallest absolute Gasteiger partial charge is 0.310 e. The molecule has 0 fully saturated rings. The number of carbonyl (C=O) groups excluding carboxylic acids is 1. The lowest BCUT2D eigenvalue weighted by molar-refractivity contribution is -0.139. The Morgan fingerprint density at radius 2 is 2.19 bits per heavy atom. The van der Waals surface area contributed by atoms with Gasteiger partial charge in [0.1, 0.15) is 11.2 Å². The van der Waals surface area contributed by atoms with Crippen molar-refractivity contribution >= 4 is 17.6 Å². The van der Waals surface area contributed by atoms with Gasteiger partial charge in [0.25, 0.3) is 0 Å². The summed E-state index contributed by atoms with van der Waals surface area (Å²) in [6.45, 7) is 3.50. The summed E-state index contributed by atoms with van der Waals surface area (Å²) < 4.78 is 4.59. The third-order valence-corrected chi connectivity index (χ3v) is 2.67. The first-order valence-electron chi connectivity index (χ1n) is 4.63. The van der Waals surface area contributed by atoms with Gasteiger partial charge in [-0.3, -0.25) is 4.79 Å². The largest absolute Gasteiger partial charge is 0.469 e. The quantitative estimate of drug-likeness (QED) is 0.584. The van der Waals surface area contributed by atoms with E-state index in [1.54, 1.807) is 13.8 Å². The van der Waals surface area contributed by atoms with Gasteiger partial charge in [-0.05, 0) is 25.0 Å². The van der Waals surface area contributed by atoms with E-state index in [-0.39, 0.29) is 17.5 Å². The van der Waals surface area contributed by atoms with Crippen molar-refractivity contribution in [3.63, 3.8) is 0 Å². The first-order valence-corrected chi connectivity index (χ1v) is 5.01. The minimum atomic E-state index is -0.362. The van der Waals surface area contributed by atoms with Crippen LogP contribution in [0.2, 0.25) is 5.15 Å². The predicted octanol–water partition coefficient (Wildman–Crippen LogP) is 1.94. The molecule has 0 aliphatic heterocycles. The van der Waals surface area contributed by atoms with Gasteiger partial charge in [0, 0.05) is 5.69 Å². The molecular weight excluding hydrogens is 228 g/mol. The normalized spacial score (nSPS) is 9.69. The van der Waals surface area contributed by atoms with Gasteiger partial charge < -0.3 is 4.74 Å². The van der Waals surface area contributed by atoms with Crippen LogP contribution < -0.4 is 0 Å². The van der Waals surface area contributed by atoms with Crippen molar-refractivity contribution in [3.05, 3.63) is 27.5 Å². The molecule has 0 saturated heterocycles. The van der Waals surface area contributed by atoms with Crippen LogP contribution >= 0.6 is 11.6 Å². The SMILES string of the molecule is COC(=O)Cc1c(C)nc(Cl)c(C#N)c1C. The number of esters is 1. The number of pyridine rings is 1. The maximum Gasteiger partial charge on any atom is 0.310 e. The Bertz CT molecular complexity index is 478. The van der Waals surface area contributed by atoms with Crippen LogP contribution in [0.25, 0.3) is 0 Å². The van der Waals surface area contributed by atoms with Gasteiger partial charge in [0.15, 0.2) is 0 Å². The standard InChI is InChI=1S/C11H11ClN2O2/c1-6-8(4-10(15)16-3)7(2)14-11(12)9(6)5-13/h4H2,1-3H3. The van der Waals surface area contributed by atoms with Crippen molar-refractivity contribution in [2.24, 2.45) is 0 Å². The first kappa shape index (κ1) is 12.5. The molecule has 84 valence electrons. The Kier molecular flexibility index (Phi) is 3.86. The van der Waals surface area contributed by atoms with Crippen LogP contribution in [-0.2, 0) is 16.0 Å². The molecule has 0 aliphatic carbocycles. The second-order valence-electron chi connectivity index (χ2n) is 3.33. The molecule has 0 aliphatic rings. The summed E-state index contributed by atoms with van der Waals surface area (Å²) in [6, 6.07) is 1.98. The number of aromatic nitrogens is 1. The Hall–Kier alpha value is -1.60. The summed E-state index contributed by atoms with van der Waals surface area (Å²) in [5, 5.41) is 9.09. The molecule has 0 radical (unpaired) electrons. The fourth-order valence-electron chi connectivity index (χ4n) is 1.45. The molecule has 1 rings (SSSR count). The minimum Gasteiger partial charge on any atom is -0.469 e. The minimum absolute atomic E-state index is 0.104. The van der Waals surface area contributed by atoms with Crippen molar-refractivity contribution in [1.29, 1.82) is 5.26 Å².